The number of nitrogens with zero attached hydrogens (tertiary/aromatic N) is 2. The van der Waals surface area contributed by atoms with Crippen LogP contribution in [0.25, 0.3) is 22.2 Å². The topological polar surface area (TPSA) is 64.0 Å². The molecule has 0 saturated carbocycles. The SMILES string of the molecule is Cc1ccc(-c2csc(NC(=O)C(C)n3c(=O)cc(C)c4cccc(C)c43)n2)cc1. The highest BCUT2D eigenvalue weighted by atomic mass is 32.1. The van der Waals surface area contributed by atoms with Gasteiger partial charge in [0.15, 0.2) is 5.13 Å². The smallest absolute Gasteiger partial charge is 0.252 e. The molecule has 0 fully saturated rings. The van der Waals surface area contributed by atoms with E-state index in [1.165, 1.54) is 16.9 Å². The first-order valence-corrected chi connectivity index (χ1v) is 10.7. The van der Waals surface area contributed by atoms with Gasteiger partial charge in [-0.2, -0.15) is 0 Å². The average Bonchev–Trinajstić information content (AvgIpc) is 3.17. The Hall–Kier alpha value is -3.25. The molecule has 1 N–H and O–H groups in total. The van der Waals surface area contributed by atoms with E-state index >= 15 is 0 Å². The van der Waals surface area contributed by atoms with Crippen molar-refractivity contribution in [3.63, 3.8) is 0 Å². The highest BCUT2D eigenvalue weighted by Crippen LogP contribution is 2.27. The number of benzene rings is 2. The van der Waals surface area contributed by atoms with Crippen LogP contribution in [0.1, 0.15) is 29.7 Å². The molecule has 1 atom stereocenters. The van der Waals surface area contributed by atoms with Gasteiger partial charge in [-0.15, -0.1) is 11.3 Å². The maximum absolute atomic E-state index is 13.0. The number of carbonyl (C=O) groups excluding carboxylic acids is 1. The number of para-hydroxylation sites is 1. The van der Waals surface area contributed by atoms with Crippen LogP contribution < -0.4 is 10.9 Å². The summed E-state index contributed by atoms with van der Waals surface area (Å²) in [6.07, 6.45) is 0. The molecular formula is C24H23N3O2S. The maximum Gasteiger partial charge on any atom is 0.252 e. The normalized spacial score (nSPS) is 12.1. The van der Waals surface area contributed by atoms with E-state index in [4.69, 9.17) is 0 Å². The second-order valence-corrected chi connectivity index (χ2v) is 8.43. The van der Waals surface area contributed by atoms with E-state index in [0.717, 1.165) is 33.3 Å². The minimum Gasteiger partial charge on any atom is -0.300 e. The molecule has 4 aromatic rings. The molecule has 2 aromatic heterocycles. The fourth-order valence-electron chi connectivity index (χ4n) is 3.64. The van der Waals surface area contributed by atoms with Crippen molar-refractivity contribution in [3.05, 3.63) is 81.0 Å². The second-order valence-electron chi connectivity index (χ2n) is 7.58. The number of thiazole rings is 1. The monoisotopic (exact) mass is 417 g/mol. The van der Waals surface area contributed by atoms with E-state index in [1.54, 1.807) is 17.6 Å². The van der Waals surface area contributed by atoms with E-state index in [9.17, 15) is 9.59 Å². The first kappa shape index (κ1) is 20.0. The first-order valence-electron chi connectivity index (χ1n) is 9.80. The third kappa shape index (κ3) is 3.66. The molecule has 1 unspecified atom stereocenters. The number of rotatable bonds is 4. The van der Waals surface area contributed by atoms with Gasteiger partial charge in [-0.25, -0.2) is 4.98 Å². The predicted molar refractivity (Wildman–Crippen MR) is 123 cm³/mol. The van der Waals surface area contributed by atoms with Crippen LogP contribution >= 0.6 is 11.3 Å². The Bertz CT molecular complexity index is 1300. The third-order valence-corrected chi connectivity index (χ3v) is 6.09. The number of anilines is 1. The molecule has 30 heavy (non-hydrogen) atoms. The fraction of sp³-hybridized carbons (Fsp3) is 0.208. The summed E-state index contributed by atoms with van der Waals surface area (Å²) >= 11 is 1.37. The lowest BCUT2D eigenvalue weighted by molar-refractivity contribution is -0.118. The number of amides is 1. The van der Waals surface area contributed by atoms with Crippen LogP contribution in [0.3, 0.4) is 0 Å². The van der Waals surface area contributed by atoms with Gasteiger partial charge in [0.1, 0.15) is 6.04 Å². The lowest BCUT2D eigenvalue weighted by Crippen LogP contribution is -2.32. The van der Waals surface area contributed by atoms with Crippen LogP contribution in [0.5, 0.6) is 0 Å². The molecule has 152 valence electrons. The summed E-state index contributed by atoms with van der Waals surface area (Å²) in [5, 5.41) is 6.29. The van der Waals surface area contributed by atoms with Crippen LogP contribution in [-0.4, -0.2) is 15.5 Å². The first-order chi connectivity index (χ1) is 14.3. The molecule has 0 spiro atoms. The molecule has 0 saturated heterocycles. The molecule has 5 nitrogen and oxygen atoms in total. The summed E-state index contributed by atoms with van der Waals surface area (Å²) in [4.78, 5) is 30.3. The number of pyridine rings is 1. The molecule has 4 rings (SSSR count). The summed E-state index contributed by atoms with van der Waals surface area (Å²) < 4.78 is 1.57. The molecule has 0 aliphatic heterocycles. The van der Waals surface area contributed by atoms with E-state index in [-0.39, 0.29) is 11.5 Å². The van der Waals surface area contributed by atoms with Crippen molar-refractivity contribution in [2.45, 2.75) is 33.7 Å². The quantitative estimate of drug-likeness (QED) is 0.493. The Balaban J connectivity index is 1.64. The molecule has 2 heterocycles. The highest BCUT2D eigenvalue weighted by molar-refractivity contribution is 7.14. The Morgan fingerprint density at radius 3 is 2.53 bits per heavy atom. The van der Waals surface area contributed by atoms with E-state index in [2.05, 4.69) is 10.3 Å². The summed E-state index contributed by atoms with van der Waals surface area (Å²) in [6, 6.07) is 14.9. The Morgan fingerprint density at radius 2 is 1.80 bits per heavy atom. The maximum atomic E-state index is 13.0. The van der Waals surface area contributed by atoms with Gasteiger partial charge in [0.05, 0.1) is 11.2 Å². The van der Waals surface area contributed by atoms with Crippen molar-refractivity contribution >= 4 is 33.3 Å². The van der Waals surface area contributed by atoms with Gasteiger partial charge in [0.25, 0.3) is 5.56 Å². The summed E-state index contributed by atoms with van der Waals surface area (Å²) in [5.74, 6) is -0.268. The third-order valence-electron chi connectivity index (χ3n) is 5.33. The van der Waals surface area contributed by atoms with Gasteiger partial charge in [0, 0.05) is 22.4 Å². The number of aromatic nitrogens is 2. The van der Waals surface area contributed by atoms with Gasteiger partial charge in [0.2, 0.25) is 5.91 Å². The summed E-state index contributed by atoms with van der Waals surface area (Å²) in [6.45, 7) is 7.65. The van der Waals surface area contributed by atoms with E-state index in [0.29, 0.717) is 5.13 Å². The molecule has 0 radical (unpaired) electrons. The van der Waals surface area contributed by atoms with Gasteiger partial charge in [-0.1, -0.05) is 48.0 Å². The van der Waals surface area contributed by atoms with Crippen LogP contribution in [-0.2, 0) is 4.79 Å². The number of carbonyl (C=O) groups is 1. The van der Waals surface area contributed by atoms with Gasteiger partial charge >= 0.3 is 0 Å². The number of hydrogen-bond acceptors (Lipinski definition) is 4. The zero-order valence-corrected chi connectivity index (χ0v) is 18.2. The average molecular weight is 418 g/mol. The van der Waals surface area contributed by atoms with E-state index < -0.39 is 6.04 Å². The Morgan fingerprint density at radius 1 is 1.07 bits per heavy atom. The number of fused-ring (bicyclic) bond motifs is 1. The molecular weight excluding hydrogens is 394 g/mol. The largest absolute Gasteiger partial charge is 0.300 e. The molecule has 6 heteroatoms. The van der Waals surface area contributed by atoms with Crippen molar-refractivity contribution in [2.24, 2.45) is 0 Å². The lowest BCUT2D eigenvalue weighted by atomic mass is 10.1. The lowest BCUT2D eigenvalue weighted by Gasteiger charge is -2.19. The molecule has 0 aliphatic carbocycles. The highest BCUT2D eigenvalue weighted by Gasteiger charge is 2.21. The predicted octanol–water partition coefficient (Wildman–Crippen LogP) is 5.25. The van der Waals surface area contributed by atoms with Gasteiger partial charge in [-0.3, -0.25) is 14.2 Å². The molecule has 2 aromatic carbocycles. The van der Waals surface area contributed by atoms with Crippen molar-refractivity contribution in [2.75, 3.05) is 5.32 Å². The van der Waals surface area contributed by atoms with Crippen LogP contribution in [0.15, 0.2) is 58.7 Å². The zero-order chi connectivity index (χ0) is 21.4. The number of nitrogens with one attached hydrogen (secondary N) is 1. The van der Waals surface area contributed by atoms with Crippen molar-refractivity contribution in [1.82, 2.24) is 9.55 Å². The standard InChI is InChI=1S/C24H23N3O2S/c1-14-8-10-18(11-9-14)20-13-30-24(25-20)26-23(29)17(4)27-21(28)12-16(3)19-7-5-6-15(2)22(19)27/h5-13,17H,1-4H3,(H,25,26,29). The van der Waals surface area contributed by atoms with Crippen molar-refractivity contribution < 1.29 is 4.79 Å². The number of hydrogen-bond donors (Lipinski definition) is 1. The molecule has 0 aliphatic rings. The fourth-order valence-corrected chi connectivity index (χ4v) is 4.36. The van der Waals surface area contributed by atoms with Crippen LogP contribution in [0.2, 0.25) is 0 Å². The van der Waals surface area contributed by atoms with Gasteiger partial charge in [-0.05, 0) is 38.8 Å². The van der Waals surface area contributed by atoms with E-state index in [1.807, 2.05) is 68.6 Å². The molecule has 0 bridgehead atoms. The summed E-state index contributed by atoms with van der Waals surface area (Å²) in [7, 11) is 0. The van der Waals surface area contributed by atoms with Crippen LogP contribution in [0, 0.1) is 20.8 Å². The Kier molecular flexibility index (Phi) is 5.26. The van der Waals surface area contributed by atoms with Crippen LogP contribution in [0.4, 0.5) is 5.13 Å². The minimum atomic E-state index is -0.673. The number of aryl methyl sites for hydroxylation is 3. The second kappa shape index (κ2) is 7.88. The minimum absolute atomic E-state index is 0.184. The summed E-state index contributed by atoms with van der Waals surface area (Å²) in [5.41, 5.74) is 5.48. The Labute approximate surface area is 179 Å². The zero-order valence-electron chi connectivity index (χ0n) is 17.4. The van der Waals surface area contributed by atoms with Crippen molar-refractivity contribution in [1.29, 1.82) is 0 Å². The van der Waals surface area contributed by atoms with Gasteiger partial charge < -0.3 is 5.32 Å². The molecule has 1 amide bonds. The van der Waals surface area contributed by atoms with Crippen molar-refractivity contribution in [3.8, 4) is 11.3 Å².